The lowest BCUT2D eigenvalue weighted by Gasteiger charge is -2.20. The number of benzene rings is 1. The molecule has 5 heteroatoms. The van der Waals surface area contributed by atoms with Gasteiger partial charge < -0.3 is 10.3 Å². The molecule has 0 unspecified atom stereocenters. The number of nitrogens with zero attached hydrogens (tertiary/aromatic N) is 1. The van der Waals surface area contributed by atoms with Crippen LogP contribution in [0.4, 0.5) is 5.13 Å². The zero-order chi connectivity index (χ0) is 16.4. The quantitative estimate of drug-likeness (QED) is 0.686. The molecule has 0 radical (unpaired) electrons. The Bertz CT molecular complexity index is 845. The number of amides is 1. The molecule has 1 amide bonds. The molecule has 1 aliphatic rings. The first kappa shape index (κ1) is 15.4. The van der Waals surface area contributed by atoms with E-state index in [-0.39, 0.29) is 5.91 Å². The van der Waals surface area contributed by atoms with Gasteiger partial charge in [0, 0.05) is 34.5 Å². The molecule has 24 heavy (non-hydrogen) atoms. The fourth-order valence-electron chi connectivity index (χ4n) is 3.56. The molecule has 2 aromatic heterocycles. The van der Waals surface area contributed by atoms with Gasteiger partial charge in [-0.2, -0.15) is 0 Å². The highest BCUT2D eigenvalue weighted by atomic mass is 32.1. The first-order valence-corrected chi connectivity index (χ1v) is 9.49. The van der Waals surface area contributed by atoms with Crippen molar-refractivity contribution < 1.29 is 4.79 Å². The van der Waals surface area contributed by atoms with Gasteiger partial charge in [-0.1, -0.05) is 37.5 Å². The standard InChI is InChI=1S/C19H21N3OS/c23-18(10-13-6-2-1-3-7-13)22-19-21-17(12-24-19)15-11-20-16-9-5-4-8-14(15)16/h4-5,8-9,11-13,20H,1-3,6-7,10H2,(H,21,22,23). The third kappa shape index (κ3) is 3.22. The average molecular weight is 339 g/mol. The Morgan fingerprint density at radius 3 is 2.96 bits per heavy atom. The lowest BCUT2D eigenvalue weighted by atomic mass is 9.87. The number of thiazole rings is 1. The van der Waals surface area contributed by atoms with E-state index in [0.29, 0.717) is 17.5 Å². The molecule has 0 saturated heterocycles. The van der Waals surface area contributed by atoms with Crippen LogP contribution in [0, 0.1) is 5.92 Å². The number of anilines is 1. The number of H-pyrrole nitrogens is 1. The summed E-state index contributed by atoms with van der Waals surface area (Å²) < 4.78 is 0. The van der Waals surface area contributed by atoms with Crippen molar-refractivity contribution in [2.24, 2.45) is 5.92 Å². The predicted molar refractivity (Wildman–Crippen MR) is 99.2 cm³/mol. The number of rotatable bonds is 4. The zero-order valence-corrected chi connectivity index (χ0v) is 14.4. The Hall–Kier alpha value is -2.14. The molecule has 1 fully saturated rings. The van der Waals surface area contributed by atoms with E-state index in [1.807, 2.05) is 23.7 Å². The molecule has 0 spiro atoms. The number of hydrogen-bond donors (Lipinski definition) is 2. The second kappa shape index (κ2) is 6.77. The highest BCUT2D eigenvalue weighted by Crippen LogP contribution is 2.31. The lowest BCUT2D eigenvalue weighted by Crippen LogP contribution is -2.18. The second-order valence-corrected chi connectivity index (χ2v) is 7.40. The number of hydrogen-bond acceptors (Lipinski definition) is 3. The smallest absolute Gasteiger partial charge is 0.226 e. The summed E-state index contributed by atoms with van der Waals surface area (Å²) in [5.74, 6) is 0.647. The maximum atomic E-state index is 12.2. The summed E-state index contributed by atoms with van der Waals surface area (Å²) in [6, 6.07) is 8.18. The van der Waals surface area contributed by atoms with Crippen molar-refractivity contribution in [1.82, 2.24) is 9.97 Å². The first-order valence-electron chi connectivity index (χ1n) is 8.61. The molecule has 1 aliphatic carbocycles. The van der Waals surface area contributed by atoms with E-state index in [0.717, 1.165) is 22.2 Å². The van der Waals surface area contributed by atoms with E-state index in [4.69, 9.17) is 0 Å². The summed E-state index contributed by atoms with van der Waals surface area (Å²) in [5, 5.41) is 6.83. The molecule has 0 bridgehead atoms. The Balaban J connectivity index is 1.45. The minimum absolute atomic E-state index is 0.0988. The number of aromatic nitrogens is 2. The van der Waals surface area contributed by atoms with Gasteiger partial charge in [-0.05, 0) is 24.8 Å². The molecule has 2 heterocycles. The van der Waals surface area contributed by atoms with Crippen LogP contribution in [0.2, 0.25) is 0 Å². The van der Waals surface area contributed by atoms with Gasteiger partial charge >= 0.3 is 0 Å². The highest BCUT2D eigenvalue weighted by molar-refractivity contribution is 7.14. The van der Waals surface area contributed by atoms with Crippen LogP contribution in [0.5, 0.6) is 0 Å². The van der Waals surface area contributed by atoms with Crippen LogP contribution >= 0.6 is 11.3 Å². The highest BCUT2D eigenvalue weighted by Gasteiger charge is 2.18. The van der Waals surface area contributed by atoms with Crippen LogP contribution in [-0.2, 0) is 4.79 Å². The van der Waals surface area contributed by atoms with Crippen molar-refractivity contribution in [2.75, 3.05) is 5.32 Å². The monoisotopic (exact) mass is 339 g/mol. The molecule has 0 atom stereocenters. The summed E-state index contributed by atoms with van der Waals surface area (Å²) in [6.45, 7) is 0. The third-order valence-electron chi connectivity index (χ3n) is 4.81. The number of aromatic amines is 1. The maximum absolute atomic E-state index is 12.2. The Labute approximate surface area is 145 Å². The number of fused-ring (bicyclic) bond motifs is 1. The third-order valence-corrected chi connectivity index (χ3v) is 5.57. The van der Waals surface area contributed by atoms with Gasteiger partial charge in [0.15, 0.2) is 5.13 Å². The Morgan fingerprint density at radius 1 is 1.25 bits per heavy atom. The first-order chi connectivity index (χ1) is 11.8. The zero-order valence-electron chi connectivity index (χ0n) is 13.5. The van der Waals surface area contributed by atoms with Crippen molar-refractivity contribution in [3.8, 4) is 11.3 Å². The minimum atomic E-state index is 0.0988. The Kier molecular flexibility index (Phi) is 4.34. The molecule has 124 valence electrons. The topological polar surface area (TPSA) is 57.8 Å². The summed E-state index contributed by atoms with van der Waals surface area (Å²) in [5.41, 5.74) is 3.09. The lowest BCUT2D eigenvalue weighted by molar-refractivity contribution is -0.117. The fraction of sp³-hybridized carbons (Fsp3) is 0.368. The van der Waals surface area contributed by atoms with Crippen LogP contribution in [0.3, 0.4) is 0 Å². The van der Waals surface area contributed by atoms with Crippen molar-refractivity contribution in [3.05, 3.63) is 35.8 Å². The molecule has 4 rings (SSSR count). The second-order valence-electron chi connectivity index (χ2n) is 6.54. The van der Waals surface area contributed by atoms with Gasteiger partial charge in [0.25, 0.3) is 0 Å². The summed E-state index contributed by atoms with van der Waals surface area (Å²) >= 11 is 1.49. The van der Waals surface area contributed by atoms with Crippen LogP contribution in [0.25, 0.3) is 22.2 Å². The number of carbonyl (C=O) groups is 1. The maximum Gasteiger partial charge on any atom is 0.226 e. The SMILES string of the molecule is O=C(CC1CCCCC1)Nc1nc(-c2c[nH]c3ccccc23)cs1. The molecular formula is C19H21N3OS. The van der Waals surface area contributed by atoms with E-state index >= 15 is 0 Å². The minimum Gasteiger partial charge on any atom is -0.360 e. The molecule has 2 N–H and O–H groups in total. The van der Waals surface area contributed by atoms with Crippen LogP contribution in [0.1, 0.15) is 38.5 Å². The van der Waals surface area contributed by atoms with Crippen molar-refractivity contribution in [3.63, 3.8) is 0 Å². The van der Waals surface area contributed by atoms with E-state index in [2.05, 4.69) is 27.4 Å². The van der Waals surface area contributed by atoms with Crippen LogP contribution in [-0.4, -0.2) is 15.9 Å². The van der Waals surface area contributed by atoms with E-state index in [9.17, 15) is 4.79 Å². The normalized spacial score (nSPS) is 15.7. The van der Waals surface area contributed by atoms with Gasteiger partial charge in [0.2, 0.25) is 5.91 Å². The van der Waals surface area contributed by atoms with E-state index < -0.39 is 0 Å². The van der Waals surface area contributed by atoms with Crippen molar-refractivity contribution in [1.29, 1.82) is 0 Å². The van der Waals surface area contributed by atoms with E-state index in [1.54, 1.807) is 0 Å². The average Bonchev–Trinajstić information content (AvgIpc) is 3.22. The van der Waals surface area contributed by atoms with Gasteiger partial charge in [-0.15, -0.1) is 11.3 Å². The van der Waals surface area contributed by atoms with Crippen molar-refractivity contribution >= 4 is 33.3 Å². The summed E-state index contributed by atoms with van der Waals surface area (Å²) in [6.07, 6.45) is 8.82. The fourth-order valence-corrected chi connectivity index (χ4v) is 4.29. The molecule has 3 aromatic rings. The van der Waals surface area contributed by atoms with E-state index in [1.165, 1.54) is 43.4 Å². The number of para-hydroxylation sites is 1. The molecule has 1 aromatic carbocycles. The van der Waals surface area contributed by atoms with Gasteiger partial charge in [-0.25, -0.2) is 4.98 Å². The Morgan fingerprint density at radius 2 is 2.08 bits per heavy atom. The molecule has 4 nitrogen and oxygen atoms in total. The van der Waals surface area contributed by atoms with Gasteiger partial charge in [0.1, 0.15) is 0 Å². The summed E-state index contributed by atoms with van der Waals surface area (Å²) in [4.78, 5) is 20.1. The molecular weight excluding hydrogens is 318 g/mol. The molecule has 1 saturated carbocycles. The van der Waals surface area contributed by atoms with Gasteiger partial charge in [0.05, 0.1) is 5.69 Å². The number of nitrogens with one attached hydrogen (secondary N) is 2. The largest absolute Gasteiger partial charge is 0.360 e. The number of carbonyl (C=O) groups excluding carboxylic acids is 1. The van der Waals surface area contributed by atoms with Crippen LogP contribution < -0.4 is 5.32 Å². The molecule has 0 aliphatic heterocycles. The van der Waals surface area contributed by atoms with Gasteiger partial charge in [-0.3, -0.25) is 4.79 Å². The van der Waals surface area contributed by atoms with Crippen molar-refractivity contribution in [2.45, 2.75) is 38.5 Å². The van der Waals surface area contributed by atoms with Crippen LogP contribution in [0.15, 0.2) is 35.8 Å². The predicted octanol–water partition coefficient (Wildman–Crippen LogP) is 5.20. The summed E-state index contributed by atoms with van der Waals surface area (Å²) in [7, 11) is 0.